The molecule has 0 radical (unpaired) electrons. The molecule has 0 aromatic heterocycles. The van der Waals surface area contributed by atoms with Gasteiger partial charge in [0.05, 0.1) is 0 Å². The van der Waals surface area contributed by atoms with Gasteiger partial charge in [-0.15, -0.1) is 0 Å². The molecular formula is C22H26. The number of rotatable bonds is 0. The standard InChI is InChI=1S/C22H26/c1-21(2)13-17-16-10-6-8-12-20(16)22(3,4)14-18(17)15-9-5-7-11-19(15)21/h5-12,17-18H,13-14H2,1-4H3/t17-,18+. The van der Waals surface area contributed by atoms with E-state index in [0.717, 1.165) is 0 Å². The molecule has 0 unspecified atom stereocenters. The first kappa shape index (κ1) is 14.1. The second kappa shape index (κ2) is 4.47. The molecule has 0 saturated heterocycles. The third-order valence-corrected chi connectivity index (χ3v) is 6.12. The quantitative estimate of drug-likeness (QED) is 0.565. The Labute approximate surface area is 134 Å². The van der Waals surface area contributed by atoms with Crippen LogP contribution in [0.3, 0.4) is 0 Å². The highest BCUT2D eigenvalue weighted by molar-refractivity contribution is 5.49. The summed E-state index contributed by atoms with van der Waals surface area (Å²) >= 11 is 0. The van der Waals surface area contributed by atoms with Gasteiger partial charge < -0.3 is 0 Å². The molecule has 0 spiro atoms. The van der Waals surface area contributed by atoms with Gasteiger partial charge in [0, 0.05) is 0 Å². The largest absolute Gasteiger partial charge is 0.0620 e. The lowest BCUT2D eigenvalue weighted by molar-refractivity contribution is 0.274. The average molecular weight is 290 g/mol. The fourth-order valence-corrected chi connectivity index (χ4v) is 5.13. The fraction of sp³-hybridized carbons (Fsp3) is 0.455. The van der Waals surface area contributed by atoms with Crippen molar-refractivity contribution in [2.45, 2.75) is 63.2 Å². The predicted molar refractivity (Wildman–Crippen MR) is 93.7 cm³/mol. The maximum atomic E-state index is 2.42. The van der Waals surface area contributed by atoms with Crippen LogP contribution in [0.1, 0.15) is 74.6 Å². The summed E-state index contributed by atoms with van der Waals surface area (Å²) in [5.74, 6) is 1.35. The molecule has 22 heavy (non-hydrogen) atoms. The van der Waals surface area contributed by atoms with Crippen molar-refractivity contribution in [3.8, 4) is 0 Å². The van der Waals surface area contributed by atoms with E-state index in [1.165, 1.54) is 12.8 Å². The van der Waals surface area contributed by atoms with Gasteiger partial charge in [-0.25, -0.2) is 0 Å². The van der Waals surface area contributed by atoms with Crippen molar-refractivity contribution in [2.75, 3.05) is 0 Å². The SMILES string of the molecule is CC1(C)C[C@H]2c3ccccc3C(C)(C)C[C@@H]2c2ccccc21. The first-order chi connectivity index (χ1) is 10.4. The van der Waals surface area contributed by atoms with Crippen LogP contribution in [0, 0.1) is 0 Å². The molecule has 4 rings (SSSR count). The summed E-state index contributed by atoms with van der Waals surface area (Å²) in [7, 11) is 0. The van der Waals surface area contributed by atoms with Crippen molar-refractivity contribution in [1.29, 1.82) is 0 Å². The molecule has 2 atom stereocenters. The molecule has 0 N–H and O–H groups in total. The zero-order chi connectivity index (χ0) is 15.5. The van der Waals surface area contributed by atoms with Gasteiger partial charge in [0.2, 0.25) is 0 Å². The Bertz CT molecular complexity index is 657. The molecule has 0 heteroatoms. The van der Waals surface area contributed by atoms with E-state index in [-0.39, 0.29) is 10.8 Å². The van der Waals surface area contributed by atoms with Crippen molar-refractivity contribution in [2.24, 2.45) is 0 Å². The number of hydrogen-bond acceptors (Lipinski definition) is 0. The molecule has 2 aromatic rings. The van der Waals surface area contributed by atoms with E-state index in [2.05, 4.69) is 76.2 Å². The molecule has 114 valence electrons. The minimum Gasteiger partial charge on any atom is -0.0620 e. The third-order valence-electron chi connectivity index (χ3n) is 6.12. The van der Waals surface area contributed by atoms with Crippen LogP contribution in [-0.2, 0) is 10.8 Å². The lowest BCUT2D eigenvalue weighted by Crippen LogP contribution is -2.39. The Balaban J connectivity index is 1.94. The van der Waals surface area contributed by atoms with Crippen LogP contribution in [0.25, 0.3) is 0 Å². The van der Waals surface area contributed by atoms with E-state index in [9.17, 15) is 0 Å². The third kappa shape index (κ3) is 1.89. The zero-order valence-corrected chi connectivity index (χ0v) is 14.2. The van der Waals surface area contributed by atoms with Gasteiger partial charge in [0.15, 0.2) is 0 Å². The number of fused-ring (bicyclic) bond motifs is 5. The summed E-state index contributed by atoms with van der Waals surface area (Å²) in [6.07, 6.45) is 2.53. The molecule has 0 bridgehead atoms. The van der Waals surface area contributed by atoms with Gasteiger partial charge in [-0.3, -0.25) is 0 Å². The smallest absolute Gasteiger partial charge is 0.00815 e. The maximum absolute atomic E-state index is 2.42. The molecule has 2 aliphatic rings. The second-order valence-corrected chi connectivity index (χ2v) is 8.56. The highest BCUT2D eigenvalue weighted by Gasteiger charge is 2.46. The number of hydrogen-bond donors (Lipinski definition) is 0. The molecule has 2 aromatic carbocycles. The first-order valence-electron chi connectivity index (χ1n) is 8.59. The summed E-state index contributed by atoms with van der Waals surface area (Å²) in [5.41, 5.74) is 6.90. The summed E-state index contributed by atoms with van der Waals surface area (Å²) in [6.45, 7) is 9.68. The average Bonchev–Trinajstić information content (AvgIpc) is 2.49. The zero-order valence-electron chi connectivity index (χ0n) is 14.2. The molecule has 0 heterocycles. The normalized spacial score (nSPS) is 27.5. The van der Waals surface area contributed by atoms with E-state index in [1.807, 2.05) is 0 Å². The summed E-state index contributed by atoms with van der Waals surface area (Å²) in [6, 6.07) is 18.4. The van der Waals surface area contributed by atoms with E-state index < -0.39 is 0 Å². The van der Waals surface area contributed by atoms with Gasteiger partial charge in [0.25, 0.3) is 0 Å². The van der Waals surface area contributed by atoms with Gasteiger partial charge in [-0.1, -0.05) is 76.2 Å². The molecule has 0 amide bonds. The molecule has 0 aliphatic heterocycles. The highest BCUT2D eigenvalue weighted by Crippen LogP contribution is 2.58. The second-order valence-electron chi connectivity index (χ2n) is 8.56. The monoisotopic (exact) mass is 290 g/mol. The van der Waals surface area contributed by atoms with Crippen molar-refractivity contribution in [1.82, 2.24) is 0 Å². The van der Waals surface area contributed by atoms with Crippen LogP contribution in [0.5, 0.6) is 0 Å². The summed E-state index contributed by atoms with van der Waals surface area (Å²) < 4.78 is 0. The van der Waals surface area contributed by atoms with E-state index in [0.29, 0.717) is 11.8 Å². The van der Waals surface area contributed by atoms with Gasteiger partial charge in [0.1, 0.15) is 0 Å². The lowest BCUT2D eigenvalue weighted by Gasteiger charge is -2.50. The van der Waals surface area contributed by atoms with Gasteiger partial charge in [-0.05, 0) is 57.8 Å². The highest BCUT2D eigenvalue weighted by atomic mass is 14.5. The minimum atomic E-state index is 0.270. The van der Waals surface area contributed by atoms with Gasteiger partial charge in [-0.2, -0.15) is 0 Å². The van der Waals surface area contributed by atoms with Crippen LogP contribution < -0.4 is 0 Å². The molecule has 0 nitrogen and oxygen atoms in total. The summed E-state index contributed by atoms with van der Waals surface area (Å²) in [4.78, 5) is 0. The maximum Gasteiger partial charge on any atom is -0.00815 e. The van der Waals surface area contributed by atoms with Crippen molar-refractivity contribution >= 4 is 0 Å². The Kier molecular flexibility index (Phi) is 2.86. The molecule has 0 fully saturated rings. The molecule has 2 aliphatic carbocycles. The van der Waals surface area contributed by atoms with Gasteiger partial charge >= 0.3 is 0 Å². The topological polar surface area (TPSA) is 0 Å². The van der Waals surface area contributed by atoms with Crippen molar-refractivity contribution < 1.29 is 0 Å². The molecule has 0 saturated carbocycles. The van der Waals surface area contributed by atoms with Crippen molar-refractivity contribution in [3.05, 3.63) is 70.8 Å². The minimum absolute atomic E-state index is 0.270. The Hall–Kier alpha value is -1.56. The Morgan fingerprint density at radius 2 is 1.00 bits per heavy atom. The van der Waals surface area contributed by atoms with Crippen molar-refractivity contribution in [3.63, 3.8) is 0 Å². The number of benzene rings is 2. The van der Waals surface area contributed by atoms with Crippen LogP contribution in [0.4, 0.5) is 0 Å². The predicted octanol–water partition coefficient (Wildman–Crippen LogP) is 5.92. The lowest BCUT2D eigenvalue weighted by atomic mass is 9.54. The van der Waals surface area contributed by atoms with E-state index in [4.69, 9.17) is 0 Å². The van der Waals surface area contributed by atoms with Crippen LogP contribution in [-0.4, -0.2) is 0 Å². The fourth-order valence-electron chi connectivity index (χ4n) is 5.13. The molecular weight excluding hydrogens is 264 g/mol. The van der Waals surface area contributed by atoms with Crippen LogP contribution >= 0.6 is 0 Å². The van der Waals surface area contributed by atoms with Crippen LogP contribution in [0.15, 0.2) is 48.5 Å². The first-order valence-corrected chi connectivity index (χ1v) is 8.59. The van der Waals surface area contributed by atoms with Crippen LogP contribution in [0.2, 0.25) is 0 Å². The van der Waals surface area contributed by atoms with E-state index >= 15 is 0 Å². The summed E-state index contributed by atoms with van der Waals surface area (Å²) in [5, 5.41) is 0. The Morgan fingerprint density at radius 3 is 1.41 bits per heavy atom. The van der Waals surface area contributed by atoms with E-state index in [1.54, 1.807) is 22.3 Å². The Morgan fingerprint density at radius 1 is 0.636 bits per heavy atom.